The summed E-state index contributed by atoms with van der Waals surface area (Å²) in [6, 6.07) is 17.4. The second kappa shape index (κ2) is 6.59. The molecule has 0 bridgehead atoms. The Hall–Kier alpha value is -2.82. The van der Waals surface area contributed by atoms with Crippen molar-refractivity contribution in [1.82, 2.24) is 14.8 Å². The van der Waals surface area contributed by atoms with Crippen LogP contribution in [0.15, 0.2) is 54.9 Å². The highest BCUT2D eigenvalue weighted by Gasteiger charge is 2.29. The molecule has 0 radical (unpaired) electrons. The Balaban J connectivity index is 1.65. The third-order valence-electron chi connectivity index (χ3n) is 4.69. The average Bonchev–Trinajstić information content (AvgIpc) is 3.11. The van der Waals surface area contributed by atoms with Gasteiger partial charge >= 0.3 is 0 Å². The molecule has 1 aliphatic rings. The molecule has 1 N–H and O–H groups in total. The van der Waals surface area contributed by atoms with Crippen LogP contribution in [0.4, 0.5) is 5.95 Å². The van der Waals surface area contributed by atoms with Crippen molar-refractivity contribution in [3.8, 4) is 5.75 Å². The first-order valence-corrected chi connectivity index (χ1v) is 8.70. The van der Waals surface area contributed by atoms with Gasteiger partial charge < -0.3 is 10.1 Å². The molecule has 25 heavy (non-hydrogen) atoms. The second-order valence-electron chi connectivity index (χ2n) is 6.39. The van der Waals surface area contributed by atoms with Gasteiger partial charge in [0.1, 0.15) is 12.1 Å². The molecule has 0 saturated carbocycles. The first kappa shape index (κ1) is 15.7. The van der Waals surface area contributed by atoms with Gasteiger partial charge in [0.25, 0.3) is 0 Å². The normalized spacial score (nSPS) is 19.1. The Labute approximate surface area is 147 Å². The summed E-state index contributed by atoms with van der Waals surface area (Å²) in [4.78, 5) is 4.39. The number of nitrogens with one attached hydrogen (secondary N) is 1. The summed E-state index contributed by atoms with van der Waals surface area (Å²) in [5.74, 6) is 1.71. The van der Waals surface area contributed by atoms with Gasteiger partial charge in [0.05, 0.1) is 18.7 Å². The molecule has 5 nitrogen and oxygen atoms in total. The summed E-state index contributed by atoms with van der Waals surface area (Å²) in [5.41, 5.74) is 3.76. The van der Waals surface area contributed by atoms with Crippen molar-refractivity contribution in [3.63, 3.8) is 0 Å². The zero-order valence-corrected chi connectivity index (χ0v) is 14.5. The summed E-state index contributed by atoms with van der Waals surface area (Å²) in [7, 11) is 0. The number of anilines is 1. The number of hydrogen-bond donors (Lipinski definition) is 1. The first-order valence-electron chi connectivity index (χ1n) is 8.70. The van der Waals surface area contributed by atoms with Crippen LogP contribution in [0.5, 0.6) is 5.75 Å². The number of benzene rings is 2. The van der Waals surface area contributed by atoms with Gasteiger partial charge in [-0.3, -0.25) is 0 Å². The number of fused-ring (bicyclic) bond motifs is 1. The van der Waals surface area contributed by atoms with Gasteiger partial charge in [-0.25, -0.2) is 4.68 Å². The fourth-order valence-corrected chi connectivity index (χ4v) is 3.37. The van der Waals surface area contributed by atoms with E-state index in [4.69, 9.17) is 4.74 Å². The molecule has 0 spiro atoms. The minimum absolute atomic E-state index is 0.153. The number of aromatic nitrogens is 3. The van der Waals surface area contributed by atoms with Gasteiger partial charge in [-0.2, -0.15) is 10.1 Å². The van der Waals surface area contributed by atoms with Gasteiger partial charge in [-0.1, -0.05) is 42.0 Å². The fraction of sp³-hybridized carbons (Fsp3) is 0.300. The summed E-state index contributed by atoms with van der Waals surface area (Å²) in [6.45, 7) is 4.78. The van der Waals surface area contributed by atoms with Crippen LogP contribution in [0.1, 0.15) is 42.1 Å². The Bertz CT molecular complexity index is 839. The summed E-state index contributed by atoms with van der Waals surface area (Å²) in [6.07, 6.45) is 2.54. The van der Waals surface area contributed by atoms with Crippen molar-refractivity contribution in [2.24, 2.45) is 0 Å². The predicted octanol–water partition coefficient (Wildman–Crippen LogP) is 4.13. The maximum absolute atomic E-state index is 5.56. The number of rotatable bonds is 4. The molecule has 4 rings (SSSR count). The fourth-order valence-electron chi connectivity index (χ4n) is 3.37. The van der Waals surface area contributed by atoms with E-state index in [-0.39, 0.29) is 12.1 Å². The van der Waals surface area contributed by atoms with Crippen LogP contribution in [0.2, 0.25) is 0 Å². The highest BCUT2D eigenvalue weighted by molar-refractivity contribution is 5.39. The second-order valence-corrected chi connectivity index (χ2v) is 6.39. The summed E-state index contributed by atoms with van der Waals surface area (Å²) in [5, 5.41) is 7.94. The molecule has 3 aromatic rings. The Morgan fingerprint density at radius 3 is 2.52 bits per heavy atom. The van der Waals surface area contributed by atoms with E-state index in [0.717, 1.165) is 18.1 Å². The molecule has 128 valence electrons. The minimum atomic E-state index is 0.153. The van der Waals surface area contributed by atoms with Crippen molar-refractivity contribution in [3.05, 3.63) is 71.5 Å². The zero-order chi connectivity index (χ0) is 17.2. The number of aryl methyl sites for hydroxylation is 1. The number of hydrogen-bond acceptors (Lipinski definition) is 4. The predicted molar refractivity (Wildman–Crippen MR) is 97.9 cm³/mol. The van der Waals surface area contributed by atoms with Crippen LogP contribution >= 0.6 is 0 Å². The van der Waals surface area contributed by atoms with E-state index in [1.54, 1.807) is 6.33 Å². The van der Waals surface area contributed by atoms with Crippen molar-refractivity contribution in [2.45, 2.75) is 32.4 Å². The summed E-state index contributed by atoms with van der Waals surface area (Å²) < 4.78 is 7.53. The quantitative estimate of drug-likeness (QED) is 0.779. The lowest BCUT2D eigenvalue weighted by molar-refractivity contribution is 0.340. The van der Waals surface area contributed by atoms with Crippen molar-refractivity contribution in [2.75, 3.05) is 11.9 Å². The van der Waals surface area contributed by atoms with Crippen LogP contribution in [-0.2, 0) is 0 Å². The Kier molecular flexibility index (Phi) is 4.14. The van der Waals surface area contributed by atoms with Crippen molar-refractivity contribution >= 4 is 5.95 Å². The molecule has 2 aromatic carbocycles. The molecule has 2 heterocycles. The van der Waals surface area contributed by atoms with Gasteiger partial charge in [-0.05, 0) is 43.5 Å². The van der Waals surface area contributed by atoms with Crippen molar-refractivity contribution < 1.29 is 4.74 Å². The number of nitrogens with zero attached hydrogens (tertiary/aromatic N) is 3. The molecule has 1 aliphatic heterocycles. The molecular weight excluding hydrogens is 312 g/mol. The van der Waals surface area contributed by atoms with E-state index < -0.39 is 0 Å². The number of ether oxygens (including phenoxy) is 1. The van der Waals surface area contributed by atoms with E-state index in [9.17, 15) is 0 Å². The van der Waals surface area contributed by atoms with Gasteiger partial charge in [0, 0.05) is 0 Å². The van der Waals surface area contributed by atoms with Gasteiger partial charge in [0.15, 0.2) is 0 Å². The molecule has 2 unspecified atom stereocenters. The maximum Gasteiger partial charge on any atom is 0.222 e. The minimum Gasteiger partial charge on any atom is -0.494 e. The van der Waals surface area contributed by atoms with Crippen LogP contribution < -0.4 is 10.1 Å². The largest absolute Gasteiger partial charge is 0.494 e. The standard InChI is InChI=1S/C20H22N4O/c1-3-25-17-10-8-16(9-11-17)19-12-18(15-6-4-14(2)5-7-15)23-20-21-13-22-24(19)20/h4-11,13,18-19H,3,12H2,1-2H3,(H,21,22,23). The van der Waals surface area contributed by atoms with Crippen molar-refractivity contribution in [1.29, 1.82) is 0 Å². The average molecular weight is 334 g/mol. The lowest BCUT2D eigenvalue weighted by atomic mass is 9.93. The summed E-state index contributed by atoms with van der Waals surface area (Å²) >= 11 is 0. The zero-order valence-electron chi connectivity index (χ0n) is 14.5. The maximum atomic E-state index is 5.56. The van der Waals surface area contributed by atoms with E-state index in [1.807, 2.05) is 23.7 Å². The van der Waals surface area contributed by atoms with Crippen LogP contribution in [-0.4, -0.2) is 21.4 Å². The van der Waals surface area contributed by atoms with E-state index >= 15 is 0 Å². The molecule has 1 aromatic heterocycles. The van der Waals surface area contributed by atoms with Crippen LogP contribution in [0.3, 0.4) is 0 Å². The SMILES string of the molecule is CCOc1ccc(C2CC(c3ccc(C)cc3)Nc3ncnn32)cc1. The van der Waals surface area contributed by atoms with Crippen LogP contribution in [0.25, 0.3) is 0 Å². The highest BCUT2D eigenvalue weighted by atomic mass is 16.5. The smallest absolute Gasteiger partial charge is 0.222 e. The van der Waals surface area contributed by atoms with E-state index in [0.29, 0.717) is 6.61 Å². The molecule has 0 fully saturated rings. The molecule has 5 heteroatoms. The highest BCUT2D eigenvalue weighted by Crippen LogP contribution is 2.37. The Morgan fingerprint density at radius 1 is 1.08 bits per heavy atom. The van der Waals surface area contributed by atoms with E-state index in [1.165, 1.54) is 16.7 Å². The molecule has 0 aliphatic carbocycles. The molecule has 0 amide bonds. The topological polar surface area (TPSA) is 52.0 Å². The molecular formula is C20H22N4O. The van der Waals surface area contributed by atoms with Crippen LogP contribution in [0, 0.1) is 6.92 Å². The lowest BCUT2D eigenvalue weighted by Crippen LogP contribution is -2.28. The first-order chi connectivity index (χ1) is 12.2. The molecule has 2 atom stereocenters. The lowest BCUT2D eigenvalue weighted by Gasteiger charge is -2.32. The molecule has 0 saturated heterocycles. The van der Waals surface area contributed by atoms with Gasteiger partial charge in [0.2, 0.25) is 5.95 Å². The van der Waals surface area contributed by atoms with E-state index in [2.05, 4.69) is 58.7 Å². The van der Waals surface area contributed by atoms with Gasteiger partial charge in [-0.15, -0.1) is 0 Å². The third kappa shape index (κ3) is 3.09. The monoisotopic (exact) mass is 334 g/mol. The third-order valence-corrected chi connectivity index (χ3v) is 4.69. The Morgan fingerprint density at radius 2 is 1.80 bits per heavy atom.